The smallest absolute Gasteiger partial charge is 0.410 e. The summed E-state index contributed by atoms with van der Waals surface area (Å²) < 4.78 is 5.01. The Labute approximate surface area is 85.4 Å². The quantitative estimate of drug-likeness (QED) is 0.732. The summed E-state index contributed by atoms with van der Waals surface area (Å²) in [6.45, 7) is 5.55. The summed E-state index contributed by atoms with van der Waals surface area (Å²) in [5.74, 6) is 0. The highest BCUT2D eigenvalue weighted by Crippen LogP contribution is 2.27. The number of carbonyl (C=O) groups excluding carboxylic acids is 1. The first-order valence-electron chi connectivity index (χ1n) is 5.28. The van der Waals surface area contributed by atoms with E-state index in [4.69, 9.17) is 10.5 Å². The number of likely N-dealkylation sites (tertiary alicyclic amines) is 1. The van der Waals surface area contributed by atoms with Crippen molar-refractivity contribution in [2.75, 3.05) is 19.7 Å². The maximum atomic E-state index is 11.6. The average Bonchev–Trinajstić information content (AvgIpc) is 2.19. The van der Waals surface area contributed by atoms with Gasteiger partial charge in [-0.25, -0.2) is 4.79 Å². The molecular formula is C10H20N2O2. The summed E-state index contributed by atoms with van der Waals surface area (Å²) in [6, 6.07) is 0. The minimum absolute atomic E-state index is 0.204. The van der Waals surface area contributed by atoms with Crippen LogP contribution in [-0.2, 0) is 4.74 Å². The number of nitrogens with two attached hydrogens (primary N) is 1. The van der Waals surface area contributed by atoms with Gasteiger partial charge in [0.2, 0.25) is 0 Å². The molecule has 0 aromatic carbocycles. The highest BCUT2D eigenvalue weighted by molar-refractivity contribution is 5.68. The zero-order valence-electron chi connectivity index (χ0n) is 9.08. The molecule has 14 heavy (non-hydrogen) atoms. The fourth-order valence-electron chi connectivity index (χ4n) is 1.91. The summed E-state index contributed by atoms with van der Waals surface area (Å²) in [5.41, 5.74) is 5.51. The maximum absolute atomic E-state index is 11.6. The Hall–Kier alpha value is -0.770. The zero-order valence-corrected chi connectivity index (χ0v) is 9.08. The molecule has 0 saturated carbocycles. The van der Waals surface area contributed by atoms with E-state index in [0.29, 0.717) is 13.2 Å². The average molecular weight is 200 g/mol. The summed E-state index contributed by atoms with van der Waals surface area (Å²) >= 11 is 0. The molecule has 1 atom stereocenters. The van der Waals surface area contributed by atoms with Gasteiger partial charge >= 0.3 is 6.09 Å². The van der Waals surface area contributed by atoms with Gasteiger partial charge < -0.3 is 15.4 Å². The minimum atomic E-state index is -0.222. The van der Waals surface area contributed by atoms with E-state index < -0.39 is 0 Å². The largest absolute Gasteiger partial charge is 0.450 e. The van der Waals surface area contributed by atoms with Crippen LogP contribution in [0.5, 0.6) is 0 Å². The standard InChI is InChI=1S/C10H20N2O2/c1-3-14-9(13)12-7-5-4-6-10(12,2)8-11/h3-8,11H2,1-2H3. The zero-order chi connectivity index (χ0) is 10.6. The van der Waals surface area contributed by atoms with Crippen LogP contribution in [0.1, 0.15) is 33.1 Å². The second kappa shape index (κ2) is 4.64. The summed E-state index contributed by atoms with van der Waals surface area (Å²) in [5, 5.41) is 0. The summed E-state index contributed by atoms with van der Waals surface area (Å²) in [6.07, 6.45) is 2.94. The predicted molar refractivity (Wildman–Crippen MR) is 55.0 cm³/mol. The van der Waals surface area contributed by atoms with Gasteiger partial charge in [0.1, 0.15) is 0 Å². The van der Waals surface area contributed by atoms with Crippen molar-refractivity contribution in [1.82, 2.24) is 4.90 Å². The van der Waals surface area contributed by atoms with E-state index in [0.717, 1.165) is 25.8 Å². The maximum Gasteiger partial charge on any atom is 0.410 e. The second-order valence-corrected chi connectivity index (χ2v) is 4.01. The highest BCUT2D eigenvalue weighted by Gasteiger charge is 2.36. The number of rotatable bonds is 2. The number of hydrogen-bond acceptors (Lipinski definition) is 3. The van der Waals surface area contributed by atoms with Gasteiger partial charge in [0.25, 0.3) is 0 Å². The Morgan fingerprint density at radius 2 is 2.29 bits per heavy atom. The Morgan fingerprint density at radius 3 is 2.86 bits per heavy atom. The summed E-state index contributed by atoms with van der Waals surface area (Å²) in [7, 11) is 0. The molecule has 1 amide bonds. The topological polar surface area (TPSA) is 55.6 Å². The first kappa shape index (κ1) is 11.3. The number of carbonyl (C=O) groups is 1. The van der Waals surface area contributed by atoms with Crippen LogP contribution < -0.4 is 5.73 Å². The SMILES string of the molecule is CCOC(=O)N1CCCCC1(C)CN. The molecule has 1 rings (SSSR count). The Bertz CT molecular complexity index is 208. The van der Waals surface area contributed by atoms with E-state index in [1.807, 2.05) is 13.8 Å². The van der Waals surface area contributed by atoms with Gasteiger partial charge in [0.05, 0.1) is 12.1 Å². The third-order valence-electron chi connectivity index (χ3n) is 2.93. The molecule has 2 N–H and O–H groups in total. The molecule has 0 aliphatic carbocycles. The lowest BCUT2D eigenvalue weighted by atomic mass is 9.89. The van der Waals surface area contributed by atoms with Crippen molar-refractivity contribution < 1.29 is 9.53 Å². The molecule has 4 nitrogen and oxygen atoms in total. The van der Waals surface area contributed by atoms with Gasteiger partial charge in [0, 0.05) is 13.1 Å². The molecular weight excluding hydrogens is 180 g/mol. The van der Waals surface area contributed by atoms with Crippen molar-refractivity contribution in [3.63, 3.8) is 0 Å². The van der Waals surface area contributed by atoms with Crippen LogP contribution in [-0.4, -0.2) is 36.2 Å². The van der Waals surface area contributed by atoms with Crippen molar-refractivity contribution in [1.29, 1.82) is 0 Å². The van der Waals surface area contributed by atoms with Gasteiger partial charge in [-0.1, -0.05) is 0 Å². The Morgan fingerprint density at radius 1 is 1.57 bits per heavy atom. The van der Waals surface area contributed by atoms with Crippen molar-refractivity contribution in [2.45, 2.75) is 38.6 Å². The van der Waals surface area contributed by atoms with Gasteiger partial charge in [-0.2, -0.15) is 0 Å². The number of nitrogens with zero attached hydrogens (tertiary/aromatic N) is 1. The molecule has 1 heterocycles. The lowest BCUT2D eigenvalue weighted by Gasteiger charge is -2.43. The van der Waals surface area contributed by atoms with E-state index in [1.165, 1.54) is 0 Å². The third-order valence-corrected chi connectivity index (χ3v) is 2.93. The van der Waals surface area contributed by atoms with Crippen molar-refractivity contribution in [3.8, 4) is 0 Å². The lowest BCUT2D eigenvalue weighted by Crippen LogP contribution is -2.56. The van der Waals surface area contributed by atoms with E-state index in [-0.39, 0.29) is 11.6 Å². The van der Waals surface area contributed by atoms with E-state index >= 15 is 0 Å². The fraction of sp³-hybridized carbons (Fsp3) is 0.900. The fourth-order valence-corrected chi connectivity index (χ4v) is 1.91. The monoisotopic (exact) mass is 200 g/mol. The van der Waals surface area contributed by atoms with Crippen LogP contribution in [0, 0.1) is 0 Å². The summed E-state index contributed by atoms with van der Waals surface area (Å²) in [4.78, 5) is 13.4. The van der Waals surface area contributed by atoms with E-state index in [9.17, 15) is 4.79 Å². The van der Waals surface area contributed by atoms with Gasteiger partial charge in [-0.3, -0.25) is 0 Å². The first-order chi connectivity index (χ1) is 6.64. The van der Waals surface area contributed by atoms with Gasteiger partial charge in [-0.15, -0.1) is 0 Å². The molecule has 1 saturated heterocycles. The molecule has 0 spiro atoms. The molecule has 0 bridgehead atoms. The van der Waals surface area contributed by atoms with Gasteiger partial charge in [0.15, 0.2) is 0 Å². The Kier molecular flexibility index (Phi) is 3.75. The van der Waals surface area contributed by atoms with Crippen molar-refractivity contribution in [3.05, 3.63) is 0 Å². The molecule has 0 aromatic heterocycles. The van der Waals surface area contributed by atoms with Crippen LogP contribution in [0.4, 0.5) is 4.79 Å². The van der Waals surface area contributed by atoms with Crippen LogP contribution in [0.15, 0.2) is 0 Å². The number of piperidine rings is 1. The van der Waals surface area contributed by atoms with E-state index in [2.05, 4.69) is 0 Å². The van der Waals surface area contributed by atoms with Gasteiger partial charge in [-0.05, 0) is 33.1 Å². The Balaban J connectivity index is 2.67. The van der Waals surface area contributed by atoms with Crippen LogP contribution >= 0.6 is 0 Å². The normalized spacial score (nSPS) is 27.5. The molecule has 1 fully saturated rings. The molecule has 0 radical (unpaired) electrons. The second-order valence-electron chi connectivity index (χ2n) is 4.01. The minimum Gasteiger partial charge on any atom is -0.450 e. The third kappa shape index (κ3) is 2.18. The highest BCUT2D eigenvalue weighted by atomic mass is 16.6. The molecule has 1 aliphatic heterocycles. The molecule has 4 heteroatoms. The first-order valence-corrected chi connectivity index (χ1v) is 5.28. The molecule has 0 aromatic rings. The molecule has 1 aliphatic rings. The molecule has 1 unspecified atom stereocenters. The molecule has 82 valence electrons. The van der Waals surface area contributed by atoms with E-state index in [1.54, 1.807) is 4.90 Å². The van der Waals surface area contributed by atoms with Crippen molar-refractivity contribution >= 4 is 6.09 Å². The number of amides is 1. The predicted octanol–water partition coefficient (Wildman–Crippen LogP) is 1.35. The van der Waals surface area contributed by atoms with Crippen molar-refractivity contribution in [2.24, 2.45) is 5.73 Å². The lowest BCUT2D eigenvalue weighted by molar-refractivity contribution is 0.0415. The van der Waals surface area contributed by atoms with Crippen LogP contribution in [0.2, 0.25) is 0 Å². The van der Waals surface area contributed by atoms with Crippen LogP contribution in [0.25, 0.3) is 0 Å². The van der Waals surface area contributed by atoms with Crippen LogP contribution in [0.3, 0.4) is 0 Å². The number of hydrogen-bond donors (Lipinski definition) is 1. The number of ether oxygens (including phenoxy) is 1.